The second kappa shape index (κ2) is 8.20. The molecule has 1 aliphatic heterocycles. The molecule has 1 N–H and O–H groups in total. The summed E-state index contributed by atoms with van der Waals surface area (Å²) in [6.07, 6.45) is 0.735. The van der Waals surface area contributed by atoms with E-state index in [1.165, 1.54) is 18.2 Å². The Bertz CT molecular complexity index is 1100. The van der Waals surface area contributed by atoms with E-state index in [4.69, 9.17) is 9.47 Å². The van der Waals surface area contributed by atoms with Gasteiger partial charge in [-0.25, -0.2) is 17.9 Å². The number of esters is 1. The van der Waals surface area contributed by atoms with Crippen LogP contribution in [0.3, 0.4) is 0 Å². The van der Waals surface area contributed by atoms with Crippen LogP contribution in [0.5, 0.6) is 5.75 Å². The monoisotopic (exact) mass is 431 g/mol. The van der Waals surface area contributed by atoms with Crippen molar-refractivity contribution in [2.24, 2.45) is 0 Å². The summed E-state index contributed by atoms with van der Waals surface area (Å²) in [4.78, 5) is 24.9. The number of ketones is 1. The van der Waals surface area contributed by atoms with Crippen LogP contribution in [0.4, 0.5) is 0 Å². The van der Waals surface area contributed by atoms with E-state index in [0.29, 0.717) is 17.7 Å². The van der Waals surface area contributed by atoms with Crippen molar-refractivity contribution >= 4 is 21.8 Å². The van der Waals surface area contributed by atoms with Crippen molar-refractivity contribution in [3.05, 3.63) is 58.7 Å². The average molecular weight is 432 g/mol. The van der Waals surface area contributed by atoms with Gasteiger partial charge in [0, 0.05) is 17.5 Å². The number of benzene rings is 2. The quantitative estimate of drug-likeness (QED) is 0.558. The number of fused-ring (bicyclic) bond motifs is 1. The van der Waals surface area contributed by atoms with Crippen molar-refractivity contribution in [1.82, 2.24) is 4.72 Å². The highest BCUT2D eigenvalue weighted by molar-refractivity contribution is 7.89. The van der Waals surface area contributed by atoms with Gasteiger partial charge in [0.25, 0.3) is 0 Å². The molecule has 0 spiro atoms. The molecule has 0 radical (unpaired) electrons. The first-order valence-electron chi connectivity index (χ1n) is 9.57. The smallest absolute Gasteiger partial charge is 0.338 e. The molecule has 3 rings (SSSR count). The summed E-state index contributed by atoms with van der Waals surface area (Å²) >= 11 is 0. The highest BCUT2D eigenvalue weighted by Gasteiger charge is 2.24. The molecule has 0 aliphatic carbocycles. The number of carbonyl (C=O) groups excluding carboxylic acids is 2. The number of carbonyl (C=O) groups is 2. The average Bonchev–Trinajstić information content (AvgIpc) is 3.11. The summed E-state index contributed by atoms with van der Waals surface area (Å²) in [6, 6.07) is 9.35. The largest absolute Gasteiger partial charge is 0.493 e. The van der Waals surface area contributed by atoms with Gasteiger partial charge in [0.05, 0.1) is 17.1 Å². The maximum atomic E-state index is 12.6. The topological polar surface area (TPSA) is 98.8 Å². The lowest BCUT2D eigenvalue weighted by Gasteiger charge is -2.20. The van der Waals surface area contributed by atoms with Gasteiger partial charge in [-0.05, 0) is 69.2 Å². The predicted molar refractivity (Wildman–Crippen MR) is 112 cm³/mol. The molecule has 0 bridgehead atoms. The Kier molecular flexibility index (Phi) is 6.01. The van der Waals surface area contributed by atoms with Crippen LogP contribution in [0.1, 0.15) is 52.6 Å². The predicted octanol–water partition coefficient (Wildman–Crippen LogP) is 3.05. The Morgan fingerprint density at radius 1 is 1.13 bits per heavy atom. The van der Waals surface area contributed by atoms with Gasteiger partial charge in [-0.2, -0.15) is 0 Å². The van der Waals surface area contributed by atoms with Crippen LogP contribution in [-0.4, -0.2) is 38.9 Å². The van der Waals surface area contributed by atoms with Crippen molar-refractivity contribution in [3.63, 3.8) is 0 Å². The number of aryl methyl sites for hydroxylation is 1. The van der Waals surface area contributed by atoms with Gasteiger partial charge in [0.2, 0.25) is 10.0 Å². The first-order chi connectivity index (χ1) is 14.0. The van der Waals surface area contributed by atoms with Gasteiger partial charge in [-0.3, -0.25) is 4.79 Å². The normalized spacial score (nSPS) is 13.5. The molecule has 0 aromatic heterocycles. The Hall–Kier alpha value is -2.71. The first-order valence-corrected chi connectivity index (χ1v) is 11.1. The number of nitrogens with one attached hydrogen (secondary N) is 1. The zero-order valence-corrected chi connectivity index (χ0v) is 18.3. The molecule has 2 aromatic carbocycles. The van der Waals surface area contributed by atoms with Gasteiger partial charge < -0.3 is 9.47 Å². The molecule has 0 fully saturated rings. The SMILES string of the molecule is Cc1ccc(S(=O)(=O)NC(C)(C)C)cc1C(=O)OCC(=O)c1ccc2c(c1)CCO2. The zero-order valence-electron chi connectivity index (χ0n) is 17.4. The maximum Gasteiger partial charge on any atom is 0.338 e. The molecule has 0 atom stereocenters. The second-order valence-electron chi connectivity index (χ2n) is 8.25. The molecule has 1 aliphatic rings. The third-order valence-corrected chi connectivity index (χ3v) is 6.28. The molecule has 0 saturated heterocycles. The van der Waals surface area contributed by atoms with Crippen LogP contribution < -0.4 is 9.46 Å². The number of sulfonamides is 1. The third-order valence-electron chi connectivity index (χ3n) is 4.53. The van der Waals surface area contributed by atoms with Crippen LogP contribution >= 0.6 is 0 Å². The van der Waals surface area contributed by atoms with Crippen LogP contribution in [0, 0.1) is 6.92 Å². The molecule has 7 nitrogen and oxygen atoms in total. The van der Waals surface area contributed by atoms with E-state index in [1.54, 1.807) is 45.9 Å². The van der Waals surface area contributed by atoms with Gasteiger partial charge in [0.15, 0.2) is 12.4 Å². The standard InChI is InChI=1S/C22H25NO6S/c1-14-5-7-17(30(26,27)23-22(2,3)4)12-18(14)21(25)29-13-19(24)15-6-8-20-16(11-15)9-10-28-20/h5-8,11-12,23H,9-10,13H2,1-4H3. The molecule has 160 valence electrons. The van der Waals surface area contributed by atoms with Crippen molar-refractivity contribution in [1.29, 1.82) is 0 Å². The summed E-state index contributed by atoms with van der Waals surface area (Å²) in [5.74, 6) is -0.326. The number of Topliss-reactive ketones (excluding diaryl/α,β-unsaturated/α-hetero) is 1. The van der Waals surface area contributed by atoms with E-state index in [-0.39, 0.29) is 16.2 Å². The highest BCUT2D eigenvalue weighted by atomic mass is 32.2. The van der Waals surface area contributed by atoms with E-state index < -0.39 is 28.1 Å². The highest BCUT2D eigenvalue weighted by Crippen LogP contribution is 2.26. The summed E-state index contributed by atoms with van der Waals surface area (Å²) in [5, 5.41) is 0. The molecule has 30 heavy (non-hydrogen) atoms. The van der Waals surface area contributed by atoms with Crippen LogP contribution in [0.2, 0.25) is 0 Å². The van der Waals surface area contributed by atoms with Gasteiger partial charge in [-0.15, -0.1) is 0 Å². The lowest BCUT2D eigenvalue weighted by molar-refractivity contribution is 0.0473. The zero-order chi connectivity index (χ0) is 22.1. The van der Waals surface area contributed by atoms with Gasteiger partial charge >= 0.3 is 5.97 Å². The van der Waals surface area contributed by atoms with E-state index in [9.17, 15) is 18.0 Å². The van der Waals surface area contributed by atoms with E-state index >= 15 is 0 Å². The molecule has 0 amide bonds. The lowest BCUT2D eigenvalue weighted by atomic mass is 10.1. The van der Waals surface area contributed by atoms with Crippen molar-refractivity contribution in [2.75, 3.05) is 13.2 Å². The van der Waals surface area contributed by atoms with E-state index in [0.717, 1.165) is 17.7 Å². The van der Waals surface area contributed by atoms with Crippen molar-refractivity contribution < 1.29 is 27.5 Å². The summed E-state index contributed by atoms with van der Waals surface area (Å²) < 4.78 is 38.2. The Morgan fingerprint density at radius 2 is 1.87 bits per heavy atom. The molecular weight excluding hydrogens is 406 g/mol. The fraction of sp³-hybridized carbons (Fsp3) is 0.364. The van der Waals surface area contributed by atoms with Crippen molar-refractivity contribution in [2.45, 2.75) is 44.6 Å². The number of ether oxygens (including phenoxy) is 2. The minimum atomic E-state index is -3.81. The molecule has 1 heterocycles. The summed E-state index contributed by atoms with van der Waals surface area (Å²) in [6.45, 7) is 7.01. The Labute approximate surface area is 176 Å². The number of rotatable bonds is 6. The first kappa shape index (κ1) is 22.0. The fourth-order valence-corrected chi connectivity index (χ4v) is 4.55. The Balaban J connectivity index is 1.73. The van der Waals surface area contributed by atoms with E-state index in [2.05, 4.69) is 4.72 Å². The summed E-state index contributed by atoms with van der Waals surface area (Å²) in [5.41, 5.74) is 1.37. The summed E-state index contributed by atoms with van der Waals surface area (Å²) in [7, 11) is -3.81. The molecular formula is C22H25NO6S. The lowest BCUT2D eigenvalue weighted by Crippen LogP contribution is -2.40. The van der Waals surface area contributed by atoms with Gasteiger partial charge in [-0.1, -0.05) is 6.07 Å². The van der Waals surface area contributed by atoms with Crippen LogP contribution in [0.15, 0.2) is 41.3 Å². The minimum Gasteiger partial charge on any atom is -0.493 e. The fourth-order valence-electron chi connectivity index (χ4n) is 3.10. The molecule has 0 unspecified atom stereocenters. The molecule has 8 heteroatoms. The molecule has 2 aromatic rings. The van der Waals surface area contributed by atoms with Crippen LogP contribution in [-0.2, 0) is 21.2 Å². The Morgan fingerprint density at radius 3 is 2.57 bits per heavy atom. The van der Waals surface area contributed by atoms with Crippen LogP contribution in [0.25, 0.3) is 0 Å². The number of hydrogen-bond donors (Lipinski definition) is 1. The number of hydrogen-bond acceptors (Lipinski definition) is 6. The second-order valence-corrected chi connectivity index (χ2v) is 9.93. The van der Waals surface area contributed by atoms with Gasteiger partial charge in [0.1, 0.15) is 5.75 Å². The minimum absolute atomic E-state index is 0.0417. The maximum absolute atomic E-state index is 12.6. The van der Waals surface area contributed by atoms with E-state index in [1.807, 2.05) is 0 Å². The van der Waals surface area contributed by atoms with Crippen molar-refractivity contribution in [3.8, 4) is 5.75 Å². The molecule has 0 saturated carbocycles. The third kappa shape index (κ3) is 5.06.